The Morgan fingerprint density at radius 2 is 2.26 bits per heavy atom. The van der Waals surface area contributed by atoms with Gasteiger partial charge in [0.1, 0.15) is 6.33 Å². The summed E-state index contributed by atoms with van der Waals surface area (Å²) in [4.78, 5) is 19.0. The number of ether oxygens (including phenoxy) is 1. The Bertz CT molecular complexity index is 626. The predicted molar refractivity (Wildman–Crippen MR) is 64.2 cm³/mol. The van der Waals surface area contributed by atoms with Crippen LogP contribution >= 0.6 is 0 Å². The molecule has 0 aromatic carbocycles. The fourth-order valence-electron chi connectivity index (χ4n) is 1.55. The second-order valence-electron chi connectivity index (χ2n) is 3.68. The zero-order chi connectivity index (χ0) is 14.0. The third kappa shape index (κ3) is 2.24. The van der Waals surface area contributed by atoms with Crippen LogP contribution in [0.4, 0.5) is 10.1 Å². The molecule has 2 aromatic heterocycles. The van der Waals surface area contributed by atoms with Gasteiger partial charge in [0.15, 0.2) is 17.3 Å². The molecule has 0 spiro atoms. The van der Waals surface area contributed by atoms with E-state index in [-0.39, 0.29) is 22.9 Å². The van der Waals surface area contributed by atoms with E-state index in [0.29, 0.717) is 6.42 Å². The lowest BCUT2D eigenvalue weighted by Crippen LogP contribution is -2.09. The zero-order valence-electron chi connectivity index (χ0n) is 10.4. The molecule has 2 N–H and O–H groups in total. The van der Waals surface area contributed by atoms with Crippen LogP contribution in [-0.2, 0) is 11.2 Å². The van der Waals surface area contributed by atoms with Crippen molar-refractivity contribution in [1.82, 2.24) is 19.7 Å². The Labute approximate surface area is 108 Å². The number of rotatable bonds is 3. The second-order valence-corrected chi connectivity index (χ2v) is 3.68. The van der Waals surface area contributed by atoms with E-state index in [4.69, 9.17) is 5.73 Å². The summed E-state index contributed by atoms with van der Waals surface area (Å²) in [6.45, 7) is 1.77. The number of nitrogens with two attached hydrogens (primary N) is 1. The van der Waals surface area contributed by atoms with E-state index in [2.05, 4.69) is 19.8 Å². The molecule has 0 saturated carbocycles. The first kappa shape index (κ1) is 12.9. The van der Waals surface area contributed by atoms with Gasteiger partial charge < -0.3 is 10.5 Å². The monoisotopic (exact) mass is 265 g/mol. The molecule has 8 heteroatoms. The molecule has 0 bridgehead atoms. The van der Waals surface area contributed by atoms with Gasteiger partial charge in [0.25, 0.3) is 0 Å². The first-order valence-electron chi connectivity index (χ1n) is 5.51. The van der Waals surface area contributed by atoms with Crippen molar-refractivity contribution in [1.29, 1.82) is 0 Å². The highest BCUT2D eigenvalue weighted by Gasteiger charge is 2.19. The molecule has 0 saturated heterocycles. The minimum atomic E-state index is -0.693. The number of anilines is 1. The number of aromatic nitrogens is 4. The molecule has 0 aliphatic carbocycles. The summed E-state index contributed by atoms with van der Waals surface area (Å²) in [7, 11) is 1.21. The van der Waals surface area contributed by atoms with Crippen LogP contribution in [-0.4, -0.2) is 32.8 Å². The van der Waals surface area contributed by atoms with Gasteiger partial charge in [-0.3, -0.25) is 0 Å². The van der Waals surface area contributed by atoms with Crippen molar-refractivity contribution >= 4 is 11.7 Å². The van der Waals surface area contributed by atoms with Gasteiger partial charge in [0.2, 0.25) is 0 Å². The van der Waals surface area contributed by atoms with Crippen LogP contribution in [0.25, 0.3) is 5.82 Å². The molecule has 0 aliphatic rings. The summed E-state index contributed by atoms with van der Waals surface area (Å²) >= 11 is 0. The van der Waals surface area contributed by atoms with E-state index < -0.39 is 11.8 Å². The van der Waals surface area contributed by atoms with E-state index in [1.54, 1.807) is 6.92 Å². The first-order chi connectivity index (χ1) is 9.08. The molecule has 19 heavy (non-hydrogen) atoms. The van der Waals surface area contributed by atoms with Crippen LogP contribution < -0.4 is 5.73 Å². The molecule has 0 amide bonds. The number of methoxy groups -OCH3 is 1. The number of carbonyl (C=O) groups excluding carboxylic acids is 1. The number of nitrogens with zero attached hydrogens (tertiary/aromatic N) is 4. The van der Waals surface area contributed by atoms with Crippen molar-refractivity contribution in [3.05, 3.63) is 29.7 Å². The maximum Gasteiger partial charge on any atom is 0.360 e. The number of esters is 1. The largest absolute Gasteiger partial charge is 0.464 e. The first-order valence-corrected chi connectivity index (χ1v) is 5.51. The lowest BCUT2D eigenvalue weighted by Gasteiger charge is -2.04. The molecule has 0 aliphatic heterocycles. The summed E-state index contributed by atoms with van der Waals surface area (Å²) in [6.07, 6.45) is 2.95. The van der Waals surface area contributed by atoms with Crippen molar-refractivity contribution in [2.75, 3.05) is 12.8 Å². The predicted octanol–water partition coefficient (Wildman–Crippen LogP) is 0.733. The van der Waals surface area contributed by atoms with Crippen molar-refractivity contribution in [3.63, 3.8) is 0 Å². The maximum atomic E-state index is 14.0. The van der Waals surface area contributed by atoms with Crippen molar-refractivity contribution in [2.24, 2.45) is 0 Å². The Morgan fingerprint density at radius 3 is 2.89 bits per heavy atom. The van der Waals surface area contributed by atoms with Gasteiger partial charge in [-0.05, 0) is 6.42 Å². The molecule has 0 unspecified atom stereocenters. The smallest absolute Gasteiger partial charge is 0.360 e. The molecule has 0 atom stereocenters. The Balaban J connectivity index is 2.51. The molecule has 7 nitrogen and oxygen atoms in total. The molecular weight excluding hydrogens is 253 g/mol. The molecule has 0 fully saturated rings. The normalized spacial score (nSPS) is 10.5. The van der Waals surface area contributed by atoms with Gasteiger partial charge in [0, 0.05) is 0 Å². The summed E-state index contributed by atoms with van der Waals surface area (Å²) in [5, 5.41) is 3.87. The fourth-order valence-corrected chi connectivity index (χ4v) is 1.55. The lowest BCUT2D eigenvalue weighted by atomic mass is 10.3. The quantitative estimate of drug-likeness (QED) is 0.822. The van der Waals surface area contributed by atoms with Crippen molar-refractivity contribution < 1.29 is 13.9 Å². The highest BCUT2D eigenvalue weighted by atomic mass is 19.1. The number of halogens is 1. The highest BCUT2D eigenvalue weighted by molar-refractivity contribution is 5.92. The number of nitrogen functional groups attached to an aromatic ring is 1. The van der Waals surface area contributed by atoms with Gasteiger partial charge in [-0.25, -0.2) is 23.8 Å². The Morgan fingerprint density at radius 1 is 1.53 bits per heavy atom. The average Bonchev–Trinajstić information content (AvgIpc) is 2.80. The van der Waals surface area contributed by atoms with Crippen molar-refractivity contribution in [2.45, 2.75) is 13.3 Å². The number of aryl methyl sites for hydroxylation is 1. The van der Waals surface area contributed by atoms with Crippen LogP contribution in [0, 0.1) is 5.82 Å². The Kier molecular flexibility index (Phi) is 3.41. The standard InChI is InChI=1S/C11H12FN5O2/c1-3-7-8(12)10(15-5-14-7)17-4-6(13)9(16-17)11(18)19-2/h4-5H,3,13H2,1-2H3. The maximum absolute atomic E-state index is 14.0. The van der Waals surface area contributed by atoms with Crippen LogP contribution in [0.2, 0.25) is 0 Å². The van der Waals surface area contributed by atoms with Gasteiger partial charge in [-0.2, -0.15) is 5.10 Å². The Hall–Kier alpha value is -2.51. The SMILES string of the molecule is CCc1ncnc(-n2cc(N)c(C(=O)OC)n2)c1F. The second kappa shape index (κ2) is 5.01. The molecule has 2 aromatic rings. The van der Waals surface area contributed by atoms with Gasteiger partial charge >= 0.3 is 5.97 Å². The number of hydrogen-bond donors (Lipinski definition) is 1. The van der Waals surface area contributed by atoms with Crippen LogP contribution in [0.15, 0.2) is 12.5 Å². The van der Waals surface area contributed by atoms with Gasteiger partial charge in [-0.15, -0.1) is 0 Å². The third-order valence-electron chi connectivity index (χ3n) is 2.52. The van der Waals surface area contributed by atoms with E-state index in [9.17, 15) is 9.18 Å². The summed E-state index contributed by atoms with van der Waals surface area (Å²) in [6, 6.07) is 0. The summed E-state index contributed by atoms with van der Waals surface area (Å²) < 4.78 is 19.7. The molecule has 2 heterocycles. The van der Waals surface area contributed by atoms with E-state index in [1.807, 2.05) is 0 Å². The molecular formula is C11H12FN5O2. The summed E-state index contributed by atoms with van der Waals surface area (Å²) in [5.74, 6) is -1.35. The van der Waals surface area contributed by atoms with E-state index >= 15 is 0 Å². The van der Waals surface area contributed by atoms with Crippen LogP contribution in [0.5, 0.6) is 0 Å². The average molecular weight is 265 g/mol. The minimum absolute atomic E-state index is 0.0614. The van der Waals surface area contributed by atoms with Gasteiger partial charge in [0.05, 0.1) is 24.7 Å². The number of hydrogen-bond acceptors (Lipinski definition) is 6. The van der Waals surface area contributed by atoms with E-state index in [0.717, 1.165) is 4.68 Å². The lowest BCUT2D eigenvalue weighted by molar-refractivity contribution is 0.0594. The van der Waals surface area contributed by atoms with Crippen LogP contribution in [0.3, 0.4) is 0 Å². The van der Waals surface area contributed by atoms with Crippen LogP contribution in [0.1, 0.15) is 23.1 Å². The third-order valence-corrected chi connectivity index (χ3v) is 2.52. The number of carbonyl (C=O) groups is 1. The zero-order valence-corrected chi connectivity index (χ0v) is 10.4. The van der Waals surface area contributed by atoms with Crippen molar-refractivity contribution in [3.8, 4) is 5.82 Å². The molecule has 2 rings (SSSR count). The van der Waals surface area contributed by atoms with E-state index in [1.165, 1.54) is 19.6 Å². The highest BCUT2D eigenvalue weighted by Crippen LogP contribution is 2.17. The van der Waals surface area contributed by atoms with Gasteiger partial charge in [-0.1, -0.05) is 6.92 Å². The molecule has 0 radical (unpaired) electrons. The minimum Gasteiger partial charge on any atom is -0.464 e. The summed E-state index contributed by atoms with van der Waals surface area (Å²) in [5.41, 5.74) is 5.89. The topological polar surface area (TPSA) is 95.9 Å². The molecule has 100 valence electrons. The fraction of sp³-hybridized carbons (Fsp3) is 0.273.